The highest BCUT2D eigenvalue weighted by Gasteiger charge is 2.74. The maximum Gasteiger partial charge on any atom is 0.333 e. The van der Waals surface area contributed by atoms with E-state index in [1.54, 1.807) is 13.0 Å². The number of fused-ring (bicyclic) bond motifs is 7. The van der Waals surface area contributed by atoms with Gasteiger partial charge in [0.1, 0.15) is 176 Å². The highest BCUT2D eigenvalue weighted by Crippen LogP contribution is 2.76. The maximum absolute atomic E-state index is 16.6. The van der Waals surface area contributed by atoms with Crippen LogP contribution in [0.1, 0.15) is 133 Å². The molecule has 8 heterocycles. The second-order valence-corrected chi connectivity index (χ2v) is 39.7. The van der Waals surface area contributed by atoms with Crippen LogP contribution in [0.3, 0.4) is 0 Å². The molecule has 0 aromatic carbocycles. The number of ether oxygens (including phenoxy) is 17. The van der Waals surface area contributed by atoms with Crippen LogP contribution >= 0.6 is 0 Å². The van der Waals surface area contributed by atoms with E-state index in [0.29, 0.717) is 25.7 Å². The van der Waals surface area contributed by atoms with Crippen LogP contribution < -0.4 is 0 Å². The normalized spacial score (nSPS) is 51.3. The summed E-state index contributed by atoms with van der Waals surface area (Å²) in [6.45, 7) is 17.0. The lowest BCUT2D eigenvalue weighted by Gasteiger charge is -2.72. The van der Waals surface area contributed by atoms with Crippen molar-refractivity contribution in [1.82, 2.24) is 0 Å². The standard InChI is InChI=1S/C85H136O43/c1-12-81(8,111)19-13-14-32(2)69(109)121-47-24-85(78(110)128-77-68(57(102)52(97)40(27-88)119-77)127-74-63(108)65(124-72-61(106)55(100)50(95)38(25-86)116-72)64(33(3)115-74)123-71-60(105)53(98)41(28-89)118-71)35(22-79(47,4)5)34-15-16-44-82(9)20-18-46(80(6,7)43(82)17-21-83(44,10)84(34,11)23-45(85)92)122-76-67(126-73-62(107)56(101)51(96)39(26-87)117-73)58(103)54(99)42(120-76)31-114-75-66(49(94)37(91)30-113-75)125-70-59(104)48(93)36(90)29-112-70/h12,14-15,33,35-68,70-77,86-108,111H,1,13,16-31H2,2-11H3/b32-14+/t33-,35-,36-,37-,38+,39+,40+,41-,42+,43-,44+,45+,46-,47-,48-,49-,50+,51+,52+,53-,54+,55-,56-,57-,58-,59+,60+,61+,62+,63+,64-,65-,66+,67+,68+,70-,71-,72-,73-,74-,75-,76-,77-,81+,82-,83+,84+,85+/m0/s1. The summed E-state index contributed by atoms with van der Waals surface area (Å²) in [5, 5.41) is 267. The van der Waals surface area contributed by atoms with E-state index in [4.69, 9.17) is 80.5 Å². The number of rotatable bonds is 27. The van der Waals surface area contributed by atoms with Crippen molar-refractivity contribution in [3.05, 3.63) is 36.0 Å². The van der Waals surface area contributed by atoms with Crippen molar-refractivity contribution in [2.45, 2.75) is 385 Å². The first-order chi connectivity index (χ1) is 60.0. The van der Waals surface area contributed by atoms with Crippen molar-refractivity contribution in [2.24, 2.45) is 50.2 Å². The Morgan fingerprint density at radius 1 is 0.484 bits per heavy atom. The Labute approximate surface area is 739 Å². The zero-order chi connectivity index (χ0) is 93.8. The fourth-order valence-corrected chi connectivity index (χ4v) is 22.7. The number of carbonyl (C=O) groups excluding carboxylic acids is 2. The van der Waals surface area contributed by atoms with Crippen LogP contribution in [-0.2, 0) is 90.1 Å². The average Bonchev–Trinajstić information content (AvgIpc) is 0.685. The van der Waals surface area contributed by atoms with Crippen molar-refractivity contribution in [3.63, 3.8) is 0 Å². The van der Waals surface area contributed by atoms with Gasteiger partial charge in [-0.15, -0.1) is 6.58 Å². The van der Waals surface area contributed by atoms with Gasteiger partial charge in [-0.3, -0.25) is 4.79 Å². The predicted octanol–water partition coefficient (Wildman–Crippen LogP) is -7.64. The Bertz CT molecular complexity index is 3800. The molecule has 4 saturated carbocycles. The van der Waals surface area contributed by atoms with E-state index in [2.05, 4.69) is 33.4 Å². The lowest BCUT2D eigenvalue weighted by atomic mass is 9.33. The van der Waals surface area contributed by atoms with Gasteiger partial charge in [0.15, 0.2) is 50.1 Å². The molecule has 24 N–H and O–H groups in total. The third-order valence-electron chi connectivity index (χ3n) is 31.0. The second-order valence-electron chi connectivity index (χ2n) is 39.7. The van der Waals surface area contributed by atoms with E-state index in [1.165, 1.54) is 19.9 Å². The third-order valence-corrected chi connectivity index (χ3v) is 31.0. The Kier molecular flexibility index (Phi) is 31.6. The van der Waals surface area contributed by atoms with Crippen LogP contribution in [0.5, 0.6) is 0 Å². The molecule has 0 unspecified atom stereocenters. The first kappa shape index (κ1) is 102. The molecule has 0 bridgehead atoms. The first-order valence-corrected chi connectivity index (χ1v) is 44.3. The van der Waals surface area contributed by atoms with Gasteiger partial charge in [0.2, 0.25) is 6.29 Å². The van der Waals surface area contributed by atoms with E-state index < -0.39 is 354 Å². The van der Waals surface area contributed by atoms with Crippen molar-refractivity contribution in [1.29, 1.82) is 0 Å². The molecule has 0 amide bonds. The summed E-state index contributed by atoms with van der Waals surface area (Å²) in [6.07, 6.45) is -64.6. The first-order valence-electron chi connectivity index (χ1n) is 44.3. The summed E-state index contributed by atoms with van der Waals surface area (Å²) in [7, 11) is 0. The highest BCUT2D eigenvalue weighted by atomic mass is 16.8. The molecule has 0 spiro atoms. The molecule has 12 fully saturated rings. The lowest BCUT2D eigenvalue weighted by molar-refractivity contribution is -0.390. The number of hydrogen-bond donors (Lipinski definition) is 24. The smallest absolute Gasteiger partial charge is 0.333 e. The van der Waals surface area contributed by atoms with Gasteiger partial charge in [-0.05, 0) is 118 Å². The molecule has 0 aromatic rings. The fraction of sp³-hybridized carbons (Fsp3) is 0.906. The summed E-state index contributed by atoms with van der Waals surface area (Å²) < 4.78 is 104. The summed E-state index contributed by atoms with van der Waals surface area (Å²) >= 11 is 0. The van der Waals surface area contributed by atoms with Gasteiger partial charge < -0.3 is 203 Å². The van der Waals surface area contributed by atoms with E-state index in [-0.39, 0.29) is 49.5 Å². The largest absolute Gasteiger partial charge is 0.458 e. The third kappa shape index (κ3) is 18.8. The minimum absolute atomic E-state index is 0.0303. The molecule has 8 aliphatic heterocycles. The van der Waals surface area contributed by atoms with Crippen LogP contribution in [-0.4, -0.2) is 432 Å². The molecule has 8 saturated heterocycles. The Morgan fingerprint density at radius 2 is 0.953 bits per heavy atom. The van der Waals surface area contributed by atoms with Crippen molar-refractivity contribution >= 4 is 11.9 Å². The monoisotopic (exact) mass is 1840 g/mol. The van der Waals surface area contributed by atoms with Gasteiger partial charge in [0, 0.05) is 17.4 Å². The van der Waals surface area contributed by atoms with Crippen LogP contribution in [0, 0.1) is 50.2 Å². The lowest BCUT2D eigenvalue weighted by Crippen LogP contribution is -2.70. The Balaban J connectivity index is 0.801. The molecule has 734 valence electrons. The second kappa shape index (κ2) is 39.6. The van der Waals surface area contributed by atoms with Gasteiger partial charge in [0.25, 0.3) is 0 Å². The molecule has 0 aromatic heterocycles. The number of esters is 2. The average molecular weight is 1850 g/mol. The summed E-state index contributed by atoms with van der Waals surface area (Å²) in [6, 6.07) is 0. The highest BCUT2D eigenvalue weighted by molar-refractivity contribution is 5.88. The van der Waals surface area contributed by atoms with Gasteiger partial charge in [0.05, 0.1) is 70.2 Å². The van der Waals surface area contributed by atoms with Crippen molar-refractivity contribution < 1.29 is 213 Å². The van der Waals surface area contributed by atoms with Gasteiger partial charge in [-0.1, -0.05) is 72.3 Å². The molecule has 13 rings (SSSR count). The molecule has 0 radical (unpaired) electrons. The molecule has 48 atom stereocenters. The predicted molar refractivity (Wildman–Crippen MR) is 424 cm³/mol. The molecule has 13 aliphatic rings. The van der Waals surface area contributed by atoms with Crippen LogP contribution in [0.4, 0.5) is 0 Å². The summed E-state index contributed by atoms with van der Waals surface area (Å²) in [5.41, 5.74) is -6.76. The zero-order valence-corrected chi connectivity index (χ0v) is 73.3. The van der Waals surface area contributed by atoms with Gasteiger partial charge >= 0.3 is 11.9 Å². The molecule has 43 nitrogen and oxygen atoms in total. The molecule has 128 heavy (non-hydrogen) atoms. The van der Waals surface area contributed by atoms with E-state index >= 15 is 4.79 Å². The van der Waals surface area contributed by atoms with Crippen LogP contribution in [0.25, 0.3) is 0 Å². The molecular formula is C85H136O43. The molecule has 43 heteroatoms. The number of aliphatic hydroxyl groups excluding tert-OH is 23. The van der Waals surface area contributed by atoms with E-state index in [1.807, 2.05) is 27.7 Å². The van der Waals surface area contributed by atoms with E-state index in [0.717, 1.165) is 5.57 Å². The van der Waals surface area contributed by atoms with Crippen LogP contribution in [0.15, 0.2) is 36.0 Å². The fourth-order valence-electron chi connectivity index (χ4n) is 22.7. The topological polar surface area (TPSA) is 677 Å². The van der Waals surface area contributed by atoms with Crippen LogP contribution in [0.2, 0.25) is 0 Å². The number of hydrogen-bond acceptors (Lipinski definition) is 43. The zero-order valence-electron chi connectivity index (χ0n) is 73.3. The Hall–Kier alpha value is -3.40. The molecule has 5 aliphatic carbocycles. The van der Waals surface area contributed by atoms with Gasteiger partial charge in [-0.25, -0.2) is 4.79 Å². The number of allylic oxidation sites excluding steroid dienone is 3. The minimum atomic E-state index is -2.25. The SMILES string of the molecule is C=C[C@@](C)(O)CC/C=C(\C)C(=O)O[C@H]1C[C@]2(C(=O)O[C@@H]3O[C@H](CO)[C@@H](O)[C@H](O)[C@H]3O[C@@H]3O[C@@H](C)[C@H](O[C@@H]4O[C@@H](CO)[C@H](O)[C@H]4O)[C@@H](O[C@@H]4O[C@H](CO)[C@@H](O)[C@H](O)[C@H]4O)[C@H]3O)[C@H](O)C[C@]3(C)C(=CC[C@@H]4[C@@]5(C)CC[C@H](O[C@@H]6O[C@H](CO[C@@H]7OC[C@H](O)[C@H](O)[C@H]7O[C@@H]7OC[C@H](O)[C@H](O)[C@H]7O)[C@@H](O)[C@H](O)[C@H]6O[C@@H]6O[C@H](CO)[C@@H](O)[C@H](O)[C@H]6O)C(C)(C)[C@@H]5CC[C@]43C)[C@@H]2CC1(C)C. The maximum atomic E-state index is 16.6. The summed E-state index contributed by atoms with van der Waals surface area (Å²) in [5.74, 6) is -3.42. The van der Waals surface area contributed by atoms with E-state index in [9.17, 15) is 127 Å². The van der Waals surface area contributed by atoms with Crippen molar-refractivity contribution in [2.75, 3.05) is 46.2 Å². The molecular weight excluding hydrogens is 1710 g/mol. The van der Waals surface area contributed by atoms with Gasteiger partial charge in [-0.2, -0.15) is 0 Å². The minimum Gasteiger partial charge on any atom is -0.458 e. The quantitative estimate of drug-likeness (QED) is 0.0157. The number of carbonyl (C=O) groups is 2. The summed E-state index contributed by atoms with van der Waals surface area (Å²) in [4.78, 5) is 31.2. The van der Waals surface area contributed by atoms with Crippen molar-refractivity contribution in [3.8, 4) is 0 Å². The Morgan fingerprint density at radius 3 is 1.52 bits per heavy atom. The number of aliphatic hydroxyl groups is 24.